The molecule has 1 spiro atoms. The van der Waals surface area contributed by atoms with E-state index in [4.69, 9.17) is 13.9 Å². The zero-order valence-electron chi connectivity index (χ0n) is 18.6. The van der Waals surface area contributed by atoms with Gasteiger partial charge in [-0.05, 0) is 39.2 Å². The van der Waals surface area contributed by atoms with Crippen molar-refractivity contribution in [3.8, 4) is 5.95 Å². The lowest BCUT2D eigenvalue weighted by Crippen LogP contribution is -2.73. The van der Waals surface area contributed by atoms with Crippen LogP contribution in [-0.4, -0.2) is 28.7 Å². The molecule has 5 atom stereocenters. The highest BCUT2D eigenvalue weighted by molar-refractivity contribution is 5.87. The summed E-state index contributed by atoms with van der Waals surface area (Å²) in [5.74, 6) is 0.492. The molecule has 0 radical (unpaired) electrons. The maximum Gasteiger partial charge on any atom is 0.295 e. The van der Waals surface area contributed by atoms with Crippen molar-refractivity contribution in [1.29, 1.82) is 0 Å². The molecule has 0 bridgehead atoms. The van der Waals surface area contributed by atoms with Gasteiger partial charge in [-0.1, -0.05) is 32.1 Å². The zero-order valence-corrected chi connectivity index (χ0v) is 18.6. The number of ketones is 1. The Morgan fingerprint density at radius 2 is 1.90 bits per heavy atom. The van der Waals surface area contributed by atoms with Crippen LogP contribution in [0.3, 0.4) is 0 Å². The normalized spacial score (nSPS) is 40.5. The summed E-state index contributed by atoms with van der Waals surface area (Å²) in [6.45, 7) is 7.93. The van der Waals surface area contributed by atoms with Crippen LogP contribution in [0.4, 0.5) is 0 Å². The van der Waals surface area contributed by atoms with E-state index >= 15 is 0 Å². The third-order valence-corrected chi connectivity index (χ3v) is 8.56. The topological polar surface area (TPSA) is 86.0 Å². The molecular formula is C25H30O6. The first-order valence-corrected chi connectivity index (χ1v) is 11.1. The lowest BCUT2D eigenvalue weighted by molar-refractivity contribution is -0.250. The van der Waals surface area contributed by atoms with E-state index in [0.717, 1.165) is 0 Å². The average molecular weight is 427 g/mol. The molecule has 1 saturated heterocycles. The van der Waals surface area contributed by atoms with Crippen molar-refractivity contribution in [3.05, 3.63) is 45.8 Å². The molecule has 1 aromatic heterocycles. The molecule has 6 heteroatoms. The zero-order chi connectivity index (χ0) is 22.2. The molecule has 31 heavy (non-hydrogen) atoms. The van der Waals surface area contributed by atoms with Crippen LogP contribution in [0.1, 0.15) is 70.8 Å². The fourth-order valence-electron chi connectivity index (χ4n) is 6.83. The first kappa shape index (κ1) is 20.7. The molecule has 6 nitrogen and oxygen atoms in total. The highest BCUT2D eigenvalue weighted by Gasteiger charge is 2.76. The molecular weight excluding hydrogens is 396 g/mol. The van der Waals surface area contributed by atoms with Crippen molar-refractivity contribution >= 4 is 11.9 Å². The van der Waals surface area contributed by atoms with Gasteiger partial charge in [-0.25, -0.2) is 0 Å². The van der Waals surface area contributed by atoms with E-state index in [9.17, 15) is 14.7 Å². The van der Waals surface area contributed by atoms with Crippen molar-refractivity contribution in [2.75, 3.05) is 6.61 Å². The summed E-state index contributed by atoms with van der Waals surface area (Å²) in [6, 6.07) is 1.46. The molecule has 2 aliphatic heterocycles. The molecule has 1 N–H and O–H groups in total. The number of carbonyl (C=O) groups excluding carboxylic acids is 1. The highest BCUT2D eigenvalue weighted by Crippen LogP contribution is 2.71. The Labute approximate surface area is 181 Å². The predicted molar refractivity (Wildman–Crippen MR) is 115 cm³/mol. The summed E-state index contributed by atoms with van der Waals surface area (Å²) in [5, 5.41) is 12.0. The van der Waals surface area contributed by atoms with Gasteiger partial charge in [0.05, 0.1) is 17.6 Å². The van der Waals surface area contributed by atoms with Crippen LogP contribution < -0.4 is 10.2 Å². The molecule has 2 aliphatic carbocycles. The summed E-state index contributed by atoms with van der Waals surface area (Å²) < 4.78 is 18.7. The number of aliphatic hydroxyl groups is 1. The van der Waals surface area contributed by atoms with E-state index < -0.39 is 28.1 Å². The van der Waals surface area contributed by atoms with Crippen LogP contribution in [0.25, 0.3) is 6.08 Å². The van der Waals surface area contributed by atoms with Crippen LogP contribution in [0.2, 0.25) is 0 Å². The maximum atomic E-state index is 13.1. The minimum absolute atomic E-state index is 0.0851. The largest absolute Gasteiger partial charge is 0.458 e. The van der Waals surface area contributed by atoms with Gasteiger partial charge in [0.2, 0.25) is 0 Å². The van der Waals surface area contributed by atoms with E-state index in [1.54, 1.807) is 12.2 Å². The van der Waals surface area contributed by atoms with Gasteiger partial charge >= 0.3 is 0 Å². The number of ether oxygens (including phenoxy) is 2. The Morgan fingerprint density at radius 3 is 2.65 bits per heavy atom. The second-order valence-electron chi connectivity index (χ2n) is 10.3. The quantitative estimate of drug-likeness (QED) is 0.721. The van der Waals surface area contributed by atoms with Crippen LogP contribution in [0.15, 0.2) is 33.5 Å². The van der Waals surface area contributed by atoms with E-state index in [0.29, 0.717) is 43.6 Å². The lowest BCUT2D eigenvalue weighted by Gasteiger charge is -2.64. The lowest BCUT2D eigenvalue weighted by atomic mass is 9.42. The highest BCUT2D eigenvalue weighted by atomic mass is 16.6. The third-order valence-electron chi connectivity index (χ3n) is 8.56. The molecule has 3 fully saturated rings. The van der Waals surface area contributed by atoms with Gasteiger partial charge < -0.3 is 19.0 Å². The number of hydrogen-bond donors (Lipinski definition) is 1. The van der Waals surface area contributed by atoms with Crippen LogP contribution in [0, 0.1) is 16.7 Å². The van der Waals surface area contributed by atoms with Crippen LogP contribution in [-0.2, 0) is 9.53 Å². The van der Waals surface area contributed by atoms with Gasteiger partial charge in [-0.15, -0.1) is 0 Å². The number of hydrogen-bond acceptors (Lipinski definition) is 6. The summed E-state index contributed by atoms with van der Waals surface area (Å²) >= 11 is 0. The molecule has 1 aromatic rings. The van der Waals surface area contributed by atoms with Crippen molar-refractivity contribution in [3.63, 3.8) is 0 Å². The molecule has 166 valence electrons. The van der Waals surface area contributed by atoms with Crippen LogP contribution in [0.5, 0.6) is 5.95 Å². The van der Waals surface area contributed by atoms with E-state index in [1.807, 2.05) is 39.8 Å². The van der Waals surface area contributed by atoms with Gasteiger partial charge in [-0.2, -0.15) is 0 Å². The Balaban J connectivity index is 1.65. The van der Waals surface area contributed by atoms with E-state index in [2.05, 4.69) is 0 Å². The SMILES string of the molecule is CC=CC=Cc1cc(=O)c2c(o1)O[C@]1(C)CC[C@@]3(O)C(C)(C)C(=O)CC[C@@]34CO[C@@H]2[C@H]41. The summed E-state index contributed by atoms with van der Waals surface area (Å²) in [6.07, 6.45) is 8.69. The summed E-state index contributed by atoms with van der Waals surface area (Å²) in [4.78, 5) is 25.9. The van der Waals surface area contributed by atoms with Gasteiger partial charge in [0.25, 0.3) is 5.95 Å². The van der Waals surface area contributed by atoms with Gasteiger partial charge in [-0.3, -0.25) is 9.59 Å². The number of Topliss-reactive ketones (excluding diaryl/α,β-unsaturated/α-hetero) is 1. The third kappa shape index (κ3) is 2.46. The average Bonchev–Trinajstić information content (AvgIpc) is 3.10. The van der Waals surface area contributed by atoms with Crippen molar-refractivity contribution in [1.82, 2.24) is 0 Å². The fraction of sp³-hybridized carbons (Fsp3) is 0.600. The Kier molecular flexibility index (Phi) is 4.29. The Bertz CT molecular complexity index is 1060. The molecule has 0 aromatic carbocycles. The van der Waals surface area contributed by atoms with Crippen LogP contribution >= 0.6 is 0 Å². The summed E-state index contributed by atoms with van der Waals surface area (Å²) in [7, 11) is 0. The van der Waals surface area contributed by atoms with E-state index in [-0.39, 0.29) is 23.1 Å². The summed E-state index contributed by atoms with van der Waals surface area (Å²) in [5.41, 5.74) is -3.18. The predicted octanol–water partition coefficient (Wildman–Crippen LogP) is 3.97. The number of allylic oxidation sites excluding steroid dienone is 3. The molecule has 0 amide bonds. The molecule has 5 rings (SSSR count). The first-order chi connectivity index (χ1) is 14.6. The monoisotopic (exact) mass is 426 g/mol. The first-order valence-electron chi connectivity index (χ1n) is 11.1. The standard InChI is InChI=1S/C25H30O6/c1-5-6-7-8-15-13-16(26)18-19-20-23(4,31-21(18)30-15)11-12-25(28)22(2,3)17(27)9-10-24(20,25)14-29-19/h5-8,13,19-20,28H,9-12,14H2,1-4H3/t19-,20-,23+,24-,25+/m0/s1. The molecule has 3 heterocycles. The van der Waals surface area contributed by atoms with Gasteiger partial charge in [0.1, 0.15) is 28.8 Å². The number of carbonyl (C=O) groups is 1. The molecule has 4 aliphatic rings. The van der Waals surface area contributed by atoms with Crippen molar-refractivity contribution in [2.45, 2.75) is 70.7 Å². The number of rotatable bonds is 2. The second kappa shape index (κ2) is 6.42. The van der Waals surface area contributed by atoms with E-state index in [1.165, 1.54) is 6.07 Å². The van der Waals surface area contributed by atoms with Crippen molar-refractivity contribution < 1.29 is 23.8 Å². The molecule has 2 saturated carbocycles. The fourth-order valence-corrected chi connectivity index (χ4v) is 6.83. The smallest absolute Gasteiger partial charge is 0.295 e. The second-order valence-corrected chi connectivity index (χ2v) is 10.3. The van der Waals surface area contributed by atoms with Crippen molar-refractivity contribution in [2.24, 2.45) is 16.7 Å². The Hall–Kier alpha value is -2.18. The minimum Gasteiger partial charge on any atom is -0.458 e. The number of fused-ring (bicyclic) bond motifs is 2. The Morgan fingerprint density at radius 1 is 1.13 bits per heavy atom. The maximum absolute atomic E-state index is 13.1. The molecule has 0 unspecified atom stereocenters. The van der Waals surface area contributed by atoms with Gasteiger partial charge in [0, 0.05) is 23.8 Å². The van der Waals surface area contributed by atoms with Gasteiger partial charge in [0.15, 0.2) is 5.43 Å². The minimum atomic E-state index is -1.20.